The van der Waals surface area contributed by atoms with Crippen LogP contribution in [0.3, 0.4) is 0 Å². The number of ether oxygens (including phenoxy) is 1. The first-order chi connectivity index (χ1) is 9.70. The summed E-state index contributed by atoms with van der Waals surface area (Å²) in [6.45, 7) is -0.130. The van der Waals surface area contributed by atoms with E-state index in [4.69, 9.17) is 4.74 Å². The first kappa shape index (κ1) is 14.8. The van der Waals surface area contributed by atoms with Gasteiger partial charge in [-0.25, -0.2) is 4.39 Å². The maximum absolute atomic E-state index is 13.3. The van der Waals surface area contributed by atoms with Crippen molar-refractivity contribution in [3.05, 3.63) is 30.1 Å². The van der Waals surface area contributed by atoms with Crippen LogP contribution < -0.4 is 10.1 Å². The van der Waals surface area contributed by atoms with Crippen molar-refractivity contribution in [2.24, 2.45) is 5.92 Å². The zero-order valence-electron chi connectivity index (χ0n) is 11.3. The van der Waals surface area contributed by atoms with Crippen molar-refractivity contribution < 1.29 is 19.0 Å². The van der Waals surface area contributed by atoms with Crippen LogP contribution >= 0.6 is 0 Å². The third-order valence-electron chi connectivity index (χ3n) is 3.69. The molecule has 1 aliphatic carbocycles. The van der Waals surface area contributed by atoms with Crippen molar-refractivity contribution in [3.63, 3.8) is 0 Å². The van der Waals surface area contributed by atoms with Gasteiger partial charge in [0.15, 0.2) is 18.2 Å². The molecule has 1 amide bonds. The van der Waals surface area contributed by atoms with Crippen molar-refractivity contribution in [1.29, 1.82) is 0 Å². The third kappa shape index (κ3) is 3.93. The number of hydrogen-bond donors (Lipinski definition) is 2. The molecule has 0 radical (unpaired) electrons. The molecule has 4 nitrogen and oxygen atoms in total. The predicted molar refractivity (Wildman–Crippen MR) is 72.9 cm³/mol. The number of amides is 1. The number of rotatable bonds is 5. The maximum atomic E-state index is 13.3. The molecule has 2 atom stereocenters. The second kappa shape index (κ2) is 7.24. The molecule has 2 unspecified atom stereocenters. The van der Waals surface area contributed by atoms with Crippen LogP contribution in [0.25, 0.3) is 0 Å². The molecule has 1 fully saturated rings. The summed E-state index contributed by atoms with van der Waals surface area (Å²) >= 11 is 0. The molecule has 1 saturated carbocycles. The van der Waals surface area contributed by atoms with Crippen molar-refractivity contribution in [2.45, 2.75) is 31.7 Å². The molecule has 1 aromatic carbocycles. The van der Waals surface area contributed by atoms with Crippen molar-refractivity contribution in [3.8, 4) is 5.75 Å². The summed E-state index contributed by atoms with van der Waals surface area (Å²) < 4.78 is 18.5. The zero-order valence-corrected chi connectivity index (χ0v) is 11.3. The SMILES string of the molecule is O=C(COc1ccccc1F)NC1CCCCC1CO. The van der Waals surface area contributed by atoms with Crippen LogP contribution in [0.4, 0.5) is 4.39 Å². The van der Waals surface area contributed by atoms with Gasteiger partial charge in [-0.1, -0.05) is 25.0 Å². The Hall–Kier alpha value is -1.62. The third-order valence-corrected chi connectivity index (χ3v) is 3.69. The lowest BCUT2D eigenvalue weighted by Gasteiger charge is -2.30. The summed E-state index contributed by atoms with van der Waals surface area (Å²) in [5, 5.41) is 12.1. The molecule has 110 valence electrons. The van der Waals surface area contributed by atoms with E-state index in [1.165, 1.54) is 12.1 Å². The minimum Gasteiger partial charge on any atom is -0.481 e. The van der Waals surface area contributed by atoms with E-state index in [-0.39, 0.29) is 36.8 Å². The summed E-state index contributed by atoms with van der Waals surface area (Å²) in [5.41, 5.74) is 0. The highest BCUT2D eigenvalue weighted by molar-refractivity contribution is 5.77. The topological polar surface area (TPSA) is 58.6 Å². The number of benzene rings is 1. The van der Waals surface area contributed by atoms with Gasteiger partial charge in [0.05, 0.1) is 0 Å². The van der Waals surface area contributed by atoms with Crippen LogP contribution in [-0.4, -0.2) is 30.3 Å². The van der Waals surface area contributed by atoms with Crippen molar-refractivity contribution in [2.75, 3.05) is 13.2 Å². The Bertz CT molecular complexity index is 452. The van der Waals surface area contributed by atoms with E-state index in [0.717, 1.165) is 25.7 Å². The summed E-state index contributed by atoms with van der Waals surface area (Å²) in [4.78, 5) is 11.8. The summed E-state index contributed by atoms with van der Waals surface area (Å²) in [6, 6.07) is 5.98. The molecule has 5 heteroatoms. The Morgan fingerprint density at radius 2 is 2.10 bits per heavy atom. The fourth-order valence-electron chi connectivity index (χ4n) is 2.57. The highest BCUT2D eigenvalue weighted by atomic mass is 19.1. The first-order valence-electron chi connectivity index (χ1n) is 6.98. The number of hydrogen-bond acceptors (Lipinski definition) is 3. The van der Waals surface area contributed by atoms with Crippen LogP contribution in [0.15, 0.2) is 24.3 Å². The van der Waals surface area contributed by atoms with Crippen molar-refractivity contribution in [1.82, 2.24) is 5.32 Å². The highest BCUT2D eigenvalue weighted by Gasteiger charge is 2.25. The minimum absolute atomic E-state index is 0.00882. The number of para-hydroxylation sites is 1. The van der Waals surface area contributed by atoms with Gasteiger partial charge in [0.2, 0.25) is 0 Å². The van der Waals surface area contributed by atoms with E-state index < -0.39 is 5.82 Å². The molecule has 20 heavy (non-hydrogen) atoms. The largest absolute Gasteiger partial charge is 0.481 e. The van der Waals surface area contributed by atoms with Gasteiger partial charge in [-0.15, -0.1) is 0 Å². The Morgan fingerprint density at radius 1 is 1.35 bits per heavy atom. The number of aliphatic hydroxyl groups excluding tert-OH is 1. The van der Waals surface area contributed by atoms with Gasteiger partial charge in [0, 0.05) is 18.6 Å². The Morgan fingerprint density at radius 3 is 2.85 bits per heavy atom. The number of halogens is 1. The number of aliphatic hydroxyl groups is 1. The summed E-state index contributed by atoms with van der Waals surface area (Å²) in [7, 11) is 0. The molecule has 0 heterocycles. The molecular formula is C15H20FNO3. The monoisotopic (exact) mass is 281 g/mol. The van der Waals surface area contributed by atoms with E-state index in [2.05, 4.69) is 5.32 Å². The van der Waals surface area contributed by atoms with E-state index in [1.54, 1.807) is 12.1 Å². The molecule has 1 aromatic rings. The van der Waals surface area contributed by atoms with Gasteiger partial charge in [0.25, 0.3) is 5.91 Å². The fourth-order valence-corrected chi connectivity index (χ4v) is 2.57. The lowest BCUT2D eigenvalue weighted by atomic mass is 9.85. The molecule has 0 aromatic heterocycles. The van der Waals surface area contributed by atoms with Gasteiger partial charge in [-0.05, 0) is 25.0 Å². The van der Waals surface area contributed by atoms with E-state index >= 15 is 0 Å². The standard InChI is InChI=1S/C15H20FNO3/c16-12-6-2-4-8-14(12)20-10-15(19)17-13-7-3-1-5-11(13)9-18/h2,4,6,8,11,13,18H,1,3,5,7,9-10H2,(H,17,19). The first-order valence-corrected chi connectivity index (χ1v) is 6.98. The lowest BCUT2D eigenvalue weighted by Crippen LogP contribution is -2.45. The molecule has 0 bridgehead atoms. The minimum atomic E-state index is -0.480. The van der Waals surface area contributed by atoms with Crippen LogP contribution in [0.5, 0.6) is 5.75 Å². The number of carbonyl (C=O) groups is 1. The number of carbonyl (C=O) groups excluding carboxylic acids is 1. The molecular weight excluding hydrogens is 261 g/mol. The molecule has 2 N–H and O–H groups in total. The zero-order chi connectivity index (χ0) is 14.4. The summed E-state index contributed by atoms with van der Waals surface area (Å²) in [6.07, 6.45) is 3.94. The molecule has 1 aliphatic rings. The van der Waals surface area contributed by atoms with Gasteiger partial charge >= 0.3 is 0 Å². The lowest BCUT2D eigenvalue weighted by molar-refractivity contribution is -0.124. The maximum Gasteiger partial charge on any atom is 0.258 e. The van der Waals surface area contributed by atoms with Gasteiger partial charge in [0.1, 0.15) is 0 Å². The van der Waals surface area contributed by atoms with E-state index in [9.17, 15) is 14.3 Å². The second-order valence-corrected chi connectivity index (χ2v) is 5.12. The fraction of sp³-hybridized carbons (Fsp3) is 0.533. The molecule has 2 rings (SSSR count). The Kier molecular flexibility index (Phi) is 5.35. The quantitative estimate of drug-likeness (QED) is 0.866. The summed E-state index contributed by atoms with van der Waals surface area (Å²) in [5.74, 6) is -0.573. The van der Waals surface area contributed by atoms with Gasteiger partial charge < -0.3 is 15.2 Å². The van der Waals surface area contributed by atoms with Crippen LogP contribution in [0.1, 0.15) is 25.7 Å². The van der Waals surface area contributed by atoms with Crippen molar-refractivity contribution >= 4 is 5.91 Å². The van der Waals surface area contributed by atoms with Gasteiger partial charge in [-0.3, -0.25) is 4.79 Å². The smallest absolute Gasteiger partial charge is 0.258 e. The molecule has 0 spiro atoms. The Labute approximate surface area is 117 Å². The average Bonchev–Trinajstić information content (AvgIpc) is 2.47. The van der Waals surface area contributed by atoms with Gasteiger partial charge in [-0.2, -0.15) is 0 Å². The molecule has 0 aliphatic heterocycles. The van der Waals surface area contributed by atoms with Crippen LogP contribution in [-0.2, 0) is 4.79 Å². The highest BCUT2D eigenvalue weighted by Crippen LogP contribution is 2.24. The van der Waals surface area contributed by atoms with E-state index in [0.29, 0.717) is 0 Å². The van der Waals surface area contributed by atoms with E-state index in [1.807, 2.05) is 0 Å². The normalized spacial score (nSPS) is 22.3. The predicted octanol–water partition coefficient (Wildman–Crippen LogP) is 1.87. The second-order valence-electron chi connectivity index (χ2n) is 5.12. The van der Waals surface area contributed by atoms with Crippen LogP contribution in [0.2, 0.25) is 0 Å². The molecule has 0 saturated heterocycles. The average molecular weight is 281 g/mol. The number of nitrogens with one attached hydrogen (secondary N) is 1. The Balaban J connectivity index is 1.82. The van der Waals surface area contributed by atoms with Crippen LogP contribution in [0, 0.1) is 11.7 Å².